The first kappa shape index (κ1) is 12.9. The van der Waals surface area contributed by atoms with Gasteiger partial charge in [-0.25, -0.2) is 0 Å². The normalized spacial score (nSPS) is 17.3. The van der Waals surface area contributed by atoms with Crippen molar-refractivity contribution in [3.63, 3.8) is 0 Å². The minimum absolute atomic E-state index is 1.17. The molecule has 0 aromatic rings. The van der Waals surface area contributed by atoms with Crippen molar-refractivity contribution in [2.24, 2.45) is 0 Å². The molecular weight excluding hydrogens is 160 g/mol. The summed E-state index contributed by atoms with van der Waals surface area (Å²) in [5.41, 5.74) is 0. The average molecular weight is 186 g/mol. The van der Waals surface area contributed by atoms with Crippen LogP contribution in [0.1, 0.15) is 33.6 Å². The maximum Gasteiger partial charge on any atom is 0.0109 e. The Morgan fingerprint density at radius 1 is 1.15 bits per heavy atom. The number of hydrogen-bond acceptors (Lipinski definition) is 2. The highest BCUT2D eigenvalue weighted by Gasteiger charge is 2.10. The summed E-state index contributed by atoms with van der Waals surface area (Å²) in [5.74, 6) is 0. The van der Waals surface area contributed by atoms with Crippen LogP contribution in [0.4, 0.5) is 0 Å². The molecule has 0 amide bonds. The zero-order valence-electron chi connectivity index (χ0n) is 9.84. The maximum absolute atomic E-state index is 2.56. The van der Waals surface area contributed by atoms with E-state index in [1.165, 1.54) is 45.6 Å². The lowest BCUT2D eigenvalue weighted by Crippen LogP contribution is -2.31. The number of nitrogens with zero attached hydrogens (tertiary/aromatic N) is 2. The minimum atomic E-state index is 1.17. The van der Waals surface area contributed by atoms with E-state index in [4.69, 9.17) is 0 Å². The number of rotatable bonds is 4. The standard InChI is InChI=1S/C9H20N2.C2H6/c1-3-10(2)8-9-11-6-4-5-7-11;1-2/h3-9H2,1-2H3;1-2H3. The van der Waals surface area contributed by atoms with Gasteiger partial charge in [-0.05, 0) is 39.5 Å². The zero-order chi connectivity index (χ0) is 10.1. The summed E-state index contributed by atoms with van der Waals surface area (Å²) in [5, 5.41) is 0. The molecule has 0 bridgehead atoms. The topological polar surface area (TPSA) is 6.48 Å². The van der Waals surface area contributed by atoms with Gasteiger partial charge >= 0.3 is 0 Å². The molecule has 0 saturated carbocycles. The summed E-state index contributed by atoms with van der Waals surface area (Å²) < 4.78 is 0. The number of likely N-dealkylation sites (N-methyl/N-ethyl adjacent to an activating group) is 1. The van der Waals surface area contributed by atoms with Crippen molar-refractivity contribution in [2.45, 2.75) is 33.6 Å². The van der Waals surface area contributed by atoms with E-state index in [2.05, 4.69) is 23.8 Å². The Bertz CT molecular complexity index is 98.3. The molecule has 13 heavy (non-hydrogen) atoms. The Morgan fingerprint density at radius 3 is 2.15 bits per heavy atom. The van der Waals surface area contributed by atoms with Crippen molar-refractivity contribution in [1.29, 1.82) is 0 Å². The summed E-state index contributed by atoms with van der Waals surface area (Å²) >= 11 is 0. The van der Waals surface area contributed by atoms with E-state index in [0.29, 0.717) is 0 Å². The van der Waals surface area contributed by atoms with Crippen LogP contribution in [0, 0.1) is 0 Å². The first-order valence-corrected chi connectivity index (χ1v) is 5.74. The second-order valence-electron chi connectivity index (χ2n) is 3.44. The molecule has 0 aromatic heterocycles. The fourth-order valence-electron chi connectivity index (χ4n) is 1.48. The van der Waals surface area contributed by atoms with Gasteiger partial charge in [0.25, 0.3) is 0 Å². The summed E-state index contributed by atoms with van der Waals surface area (Å²) in [6, 6.07) is 0. The molecular formula is C11H26N2. The lowest BCUT2D eigenvalue weighted by atomic mass is 10.4. The molecule has 0 aromatic carbocycles. The van der Waals surface area contributed by atoms with Gasteiger partial charge < -0.3 is 9.80 Å². The quantitative estimate of drug-likeness (QED) is 0.663. The monoisotopic (exact) mass is 186 g/mol. The van der Waals surface area contributed by atoms with E-state index >= 15 is 0 Å². The van der Waals surface area contributed by atoms with Gasteiger partial charge in [0.2, 0.25) is 0 Å². The fraction of sp³-hybridized carbons (Fsp3) is 1.00. The Labute approximate surface area is 83.9 Å². The molecule has 0 aliphatic carbocycles. The SMILES string of the molecule is CC.CCN(C)CCN1CCCC1. The Hall–Kier alpha value is -0.0800. The van der Waals surface area contributed by atoms with Crippen molar-refractivity contribution >= 4 is 0 Å². The molecule has 0 spiro atoms. The van der Waals surface area contributed by atoms with Gasteiger partial charge in [0.1, 0.15) is 0 Å². The van der Waals surface area contributed by atoms with Gasteiger partial charge in [0.05, 0.1) is 0 Å². The molecule has 0 unspecified atom stereocenters. The molecule has 0 atom stereocenters. The summed E-state index contributed by atoms with van der Waals surface area (Å²) in [6.45, 7) is 12.5. The highest BCUT2D eigenvalue weighted by atomic mass is 15.2. The van der Waals surface area contributed by atoms with Crippen LogP contribution in [0.15, 0.2) is 0 Å². The van der Waals surface area contributed by atoms with Crippen LogP contribution in [-0.4, -0.2) is 49.6 Å². The average Bonchev–Trinajstić information content (AvgIpc) is 2.70. The predicted octanol–water partition coefficient (Wildman–Crippen LogP) is 2.06. The molecule has 1 aliphatic rings. The van der Waals surface area contributed by atoms with Crippen LogP contribution >= 0.6 is 0 Å². The largest absolute Gasteiger partial charge is 0.305 e. The smallest absolute Gasteiger partial charge is 0.0109 e. The molecule has 1 aliphatic heterocycles. The molecule has 0 radical (unpaired) electrons. The first-order valence-electron chi connectivity index (χ1n) is 5.74. The Morgan fingerprint density at radius 2 is 1.69 bits per heavy atom. The number of likely N-dealkylation sites (tertiary alicyclic amines) is 1. The van der Waals surface area contributed by atoms with Crippen LogP contribution in [-0.2, 0) is 0 Å². The van der Waals surface area contributed by atoms with Crippen LogP contribution in [0.3, 0.4) is 0 Å². The van der Waals surface area contributed by atoms with Crippen molar-refractivity contribution in [3.05, 3.63) is 0 Å². The van der Waals surface area contributed by atoms with Gasteiger partial charge in [-0.3, -0.25) is 0 Å². The lowest BCUT2D eigenvalue weighted by Gasteiger charge is -2.19. The van der Waals surface area contributed by atoms with E-state index in [-0.39, 0.29) is 0 Å². The molecule has 2 nitrogen and oxygen atoms in total. The number of hydrogen-bond donors (Lipinski definition) is 0. The van der Waals surface area contributed by atoms with Gasteiger partial charge in [-0.2, -0.15) is 0 Å². The second-order valence-corrected chi connectivity index (χ2v) is 3.44. The van der Waals surface area contributed by atoms with E-state index < -0.39 is 0 Å². The van der Waals surface area contributed by atoms with Crippen molar-refractivity contribution in [3.8, 4) is 0 Å². The molecule has 1 rings (SSSR count). The molecule has 80 valence electrons. The van der Waals surface area contributed by atoms with Gasteiger partial charge in [-0.15, -0.1) is 0 Å². The third kappa shape index (κ3) is 6.05. The summed E-state index contributed by atoms with van der Waals surface area (Å²) in [6.07, 6.45) is 2.83. The van der Waals surface area contributed by atoms with Crippen LogP contribution in [0.2, 0.25) is 0 Å². The van der Waals surface area contributed by atoms with E-state index in [1.54, 1.807) is 0 Å². The van der Waals surface area contributed by atoms with Crippen LogP contribution < -0.4 is 0 Å². The first-order chi connectivity index (χ1) is 6.33. The summed E-state index contributed by atoms with van der Waals surface area (Å²) in [4.78, 5) is 4.94. The summed E-state index contributed by atoms with van der Waals surface area (Å²) in [7, 11) is 2.19. The Balaban J connectivity index is 0.000000671. The van der Waals surface area contributed by atoms with E-state index in [1.807, 2.05) is 13.8 Å². The lowest BCUT2D eigenvalue weighted by molar-refractivity contribution is 0.264. The van der Waals surface area contributed by atoms with Crippen LogP contribution in [0.25, 0.3) is 0 Å². The second kappa shape index (κ2) is 8.52. The molecule has 1 saturated heterocycles. The van der Waals surface area contributed by atoms with E-state index in [0.717, 1.165) is 0 Å². The molecule has 2 heteroatoms. The molecule has 0 N–H and O–H groups in total. The third-order valence-corrected chi connectivity index (χ3v) is 2.54. The van der Waals surface area contributed by atoms with Crippen molar-refractivity contribution < 1.29 is 0 Å². The maximum atomic E-state index is 2.56. The van der Waals surface area contributed by atoms with E-state index in [9.17, 15) is 0 Å². The highest BCUT2D eigenvalue weighted by molar-refractivity contribution is 4.66. The van der Waals surface area contributed by atoms with Crippen LogP contribution in [0.5, 0.6) is 0 Å². The third-order valence-electron chi connectivity index (χ3n) is 2.54. The van der Waals surface area contributed by atoms with Gasteiger partial charge in [-0.1, -0.05) is 20.8 Å². The predicted molar refractivity (Wildman–Crippen MR) is 60.2 cm³/mol. The minimum Gasteiger partial charge on any atom is -0.305 e. The zero-order valence-corrected chi connectivity index (χ0v) is 9.84. The van der Waals surface area contributed by atoms with Gasteiger partial charge in [0.15, 0.2) is 0 Å². The van der Waals surface area contributed by atoms with Crippen molar-refractivity contribution in [2.75, 3.05) is 39.8 Å². The highest BCUT2D eigenvalue weighted by Crippen LogP contribution is 2.05. The molecule has 1 heterocycles. The van der Waals surface area contributed by atoms with Crippen molar-refractivity contribution in [1.82, 2.24) is 9.80 Å². The van der Waals surface area contributed by atoms with Gasteiger partial charge in [0, 0.05) is 13.1 Å². The fourth-order valence-corrected chi connectivity index (χ4v) is 1.48. The Kier molecular flexibility index (Phi) is 8.46. The molecule has 1 fully saturated rings.